The van der Waals surface area contributed by atoms with E-state index >= 15 is 0 Å². The smallest absolute Gasteiger partial charge is 0.276 e. The molecular weight excluding hydrogens is 472 g/mol. The molecular formula is C23H32N6O5S. The maximum Gasteiger partial charge on any atom is 0.276 e. The Labute approximate surface area is 205 Å². The van der Waals surface area contributed by atoms with Crippen LogP contribution in [0.5, 0.6) is 5.75 Å². The van der Waals surface area contributed by atoms with Crippen LogP contribution >= 0.6 is 0 Å². The van der Waals surface area contributed by atoms with E-state index in [1.807, 2.05) is 13.0 Å². The lowest BCUT2D eigenvalue weighted by Crippen LogP contribution is -2.50. The molecule has 1 aliphatic rings. The summed E-state index contributed by atoms with van der Waals surface area (Å²) in [7, 11) is -3.28. The van der Waals surface area contributed by atoms with Gasteiger partial charge in [-0.2, -0.15) is 4.31 Å². The molecule has 1 aromatic carbocycles. The van der Waals surface area contributed by atoms with E-state index in [-0.39, 0.29) is 49.4 Å². The summed E-state index contributed by atoms with van der Waals surface area (Å²) in [5, 5.41) is 10.9. The zero-order valence-electron chi connectivity index (χ0n) is 20.1. The zero-order chi connectivity index (χ0) is 25.4. The van der Waals surface area contributed by atoms with Crippen LogP contribution in [0.15, 0.2) is 37.1 Å². The van der Waals surface area contributed by atoms with E-state index in [1.165, 1.54) is 15.2 Å². The summed E-state index contributed by atoms with van der Waals surface area (Å²) in [5.41, 5.74) is 1.13. The number of carbonyl (C=O) groups excluding carboxylic acids is 2. The summed E-state index contributed by atoms with van der Waals surface area (Å²) in [5.74, 6) is -0.0578. The van der Waals surface area contributed by atoms with Gasteiger partial charge in [0.1, 0.15) is 11.4 Å². The molecule has 11 nitrogen and oxygen atoms in total. The van der Waals surface area contributed by atoms with Gasteiger partial charge in [-0.1, -0.05) is 11.3 Å². The normalized spacial score (nSPS) is 14.5. The van der Waals surface area contributed by atoms with E-state index in [1.54, 1.807) is 30.0 Å². The van der Waals surface area contributed by atoms with Crippen LogP contribution in [0.4, 0.5) is 0 Å². The first-order valence-electron chi connectivity index (χ1n) is 11.7. The van der Waals surface area contributed by atoms with Crippen molar-refractivity contribution in [3.05, 3.63) is 48.3 Å². The highest BCUT2D eigenvalue weighted by atomic mass is 32.2. The third kappa shape index (κ3) is 6.45. The summed E-state index contributed by atoms with van der Waals surface area (Å²) in [4.78, 5) is 26.8. The average molecular weight is 505 g/mol. The van der Waals surface area contributed by atoms with Gasteiger partial charge in [-0.15, -0.1) is 11.7 Å². The number of amides is 2. The van der Waals surface area contributed by atoms with Crippen molar-refractivity contribution in [3.8, 4) is 11.4 Å². The summed E-state index contributed by atoms with van der Waals surface area (Å²) in [6.45, 7) is 9.14. The van der Waals surface area contributed by atoms with Gasteiger partial charge in [0.15, 0.2) is 5.69 Å². The highest BCUT2D eigenvalue weighted by molar-refractivity contribution is 7.89. The van der Waals surface area contributed by atoms with E-state index in [2.05, 4.69) is 22.2 Å². The van der Waals surface area contributed by atoms with Gasteiger partial charge in [0.25, 0.3) is 11.8 Å². The minimum atomic E-state index is -3.28. The number of nitrogens with one attached hydrogen (secondary N) is 1. The number of rotatable bonds is 11. The van der Waals surface area contributed by atoms with Gasteiger partial charge in [-0.25, -0.2) is 13.1 Å². The maximum atomic E-state index is 13.0. The summed E-state index contributed by atoms with van der Waals surface area (Å²) >= 11 is 0. The Balaban J connectivity index is 1.77. The van der Waals surface area contributed by atoms with Crippen molar-refractivity contribution in [1.82, 2.24) is 29.5 Å². The van der Waals surface area contributed by atoms with E-state index in [0.717, 1.165) is 12.8 Å². The molecule has 0 aliphatic carbocycles. The highest BCUT2D eigenvalue weighted by Crippen LogP contribution is 2.25. The monoisotopic (exact) mass is 504 g/mol. The van der Waals surface area contributed by atoms with Gasteiger partial charge < -0.3 is 15.0 Å². The molecule has 35 heavy (non-hydrogen) atoms. The van der Waals surface area contributed by atoms with E-state index < -0.39 is 10.0 Å². The molecule has 2 heterocycles. The lowest BCUT2D eigenvalue weighted by molar-refractivity contribution is 0.0691. The molecule has 2 aromatic rings. The number of nitrogens with zero attached hydrogens (tertiary/aromatic N) is 5. The molecule has 0 radical (unpaired) electrons. The predicted octanol–water partition coefficient (Wildman–Crippen LogP) is 1.47. The highest BCUT2D eigenvalue weighted by Gasteiger charge is 2.29. The van der Waals surface area contributed by atoms with Crippen molar-refractivity contribution in [2.75, 3.05) is 45.1 Å². The number of piperazine rings is 1. The summed E-state index contributed by atoms with van der Waals surface area (Å²) in [6, 6.07) is 5.00. The van der Waals surface area contributed by atoms with Crippen LogP contribution in [0.1, 0.15) is 47.5 Å². The van der Waals surface area contributed by atoms with Crippen molar-refractivity contribution in [2.45, 2.75) is 26.7 Å². The molecule has 0 saturated carbocycles. The molecule has 0 atom stereocenters. The Hall–Kier alpha value is -3.25. The number of hydrogen-bond acceptors (Lipinski definition) is 7. The Bertz CT molecular complexity index is 1150. The van der Waals surface area contributed by atoms with Crippen molar-refractivity contribution in [2.24, 2.45) is 0 Å². The van der Waals surface area contributed by atoms with Crippen LogP contribution in [0.3, 0.4) is 0 Å². The zero-order valence-corrected chi connectivity index (χ0v) is 21.0. The second-order valence-electron chi connectivity index (χ2n) is 7.96. The van der Waals surface area contributed by atoms with E-state index in [0.29, 0.717) is 30.2 Å². The van der Waals surface area contributed by atoms with Crippen LogP contribution in [-0.2, 0) is 10.0 Å². The number of benzene rings is 1. The van der Waals surface area contributed by atoms with Crippen molar-refractivity contribution >= 4 is 21.8 Å². The minimum absolute atomic E-state index is 0.0339. The van der Waals surface area contributed by atoms with Crippen molar-refractivity contribution < 1.29 is 22.7 Å². The van der Waals surface area contributed by atoms with Gasteiger partial charge in [-0.3, -0.25) is 9.59 Å². The predicted molar refractivity (Wildman–Crippen MR) is 131 cm³/mol. The fourth-order valence-corrected chi connectivity index (χ4v) is 4.71. The Morgan fingerprint density at radius 1 is 1.20 bits per heavy atom. The van der Waals surface area contributed by atoms with Crippen molar-refractivity contribution in [3.63, 3.8) is 0 Å². The fraction of sp³-hybridized carbons (Fsp3) is 0.478. The first kappa shape index (κ1) is 26.4. The number of ether oxygens (including phenoxy) is 1. The minimum Gasteiger partial charge on any atom is -0.491 e. The third-order valence-corrected chi connectivity index (χ3v) is 7.49. The first-order chi connectivity index (χ1) is 16.8. The number of unbranched alkanes of at least 4 members (excludes halogenated alkanes) is 1. The first-order valence-corrected chi connectivity index (χ1v) is 13.3. The molecule has 1 aliphatic heterocycles. The topological polar surface area (TPSA) is 127 Å². The summed E-state index contributed by atoms with van der Waals surface area (Å²) < 4.78 is 32.9. The largest absolute Gasteiger partial charge is 0.491 e. The average Bonchev–Trinajstić information content (AvgIpc) is 3.36. The van der Waals surface area contributed by atoms with Gasteiger partial charge in [0.05, 0.1) is 18.6 Å². The van der Waals surface area contributed by atoms with Crippen molar-refractivity contribution in [1.29, 1.82) is 0 Å². The number of aromatic nitrogens is 3. The molecule has 2 amide bonds. The Morgan fingerprint density at radius 3 is 2.60 bits per heavy atom. The molecule has 1 N–H and O–H groups in total. The number of carbonyl (C=O) groups is 2. The van der Waals surface area contributed by atoms with Crippen LogP contribution in [0.2, 0.25) is 0 Å². The maximum absolute atomic E-state index is 13.0. The van der Waals surface area contributed by atoms with Crippen LogP contribution in [-0.4, -0.2) is 89.5 Å². The molecule has 12 heteroatoms. The van der Waals surface area contributed by atoms with E-state index in [4.69, 9.17) is 4.74 Å². The molecule has 1 aromatic heterocycles. The van der Waals surface area contributed by atoms with Gasteiger partial charge >= 0.3 is 0 Å². The second-order valence-corrected chi connectivity index (χ2v) is 10.2. The number of allylic oxidation sites excluding steroid dienone is 1. The molecule has 1 fully saturated rings. The molecule has 0 unspecified atom stereocenters. The Morgan fingerprint density at radius 2 is 1.94 bits per heavy atom. The van der Waals surface area contributed by atoms with Crippen LogP contribution < -0.4 is 10.1 Å². The quantitative estimate of drug-likeness (QED) is 0.363. The molecule has 190 valence electrons. The number of sulfonamides is 1. The van der Waals surface area contributed by atoms with Crippen LogP contribution in [0, 0.1) is 0 Å². The number of hydrogen-bond donors (Lipinski definition) is 1. The summed E-state index contributed by atoms with van der Waals surface area (Å²) in [6.07, 6.45) is 4.87. The second kappa shape index (κ2) is 11.9. The Kier molecular flexibility index (Phi) is 8.99. The SMILES string of the molecule is C=CCCCOc1cc(C(=O)NCC)ccc1-n1cc(C(=O)N2CCN(S(=O)(=O)CC)CC2)nn1. The molecule has 1 saturated heterocycles. The van der Waals surface area contributed by atoms with Gasteiger partial charge in [0.2, 0.25) is 10.0 Å². The lowest BCUT2D eigenvalue weighted by atomic mass is 10.1. The van der Waals surface area contributed by atoms with E-state index in [9.17, 15) is 18.0 Å². The van der Waals surface area contributed by atoms with Gasteiger partial charge in [0, 0.05) is 38.3 Å². The van der Waals surface area contributed by atoms with Gasteiger partial charge in [-0.05, 0) is 44.9 Å². The standard InChI is InChI=1S/C23H32N6O5S/c1-4-7-8-15-34-21-16-18(22(30)24-5-2)9-10-20(21)29-17-19(25-26-29)23(31)27-11-13-28(14-12-27)35(32,33)6-3/h4,9-10,16-17H,1,5-8,11-15H2,2-3H3,(H,24,30). The van der Waals surface area contributed by atoms with Crippen LogP contribution in [0.25, 0.3) is 5.69 Å². The lowest BCUT2D eigenvalue weighted by Gasteiger charge is -2.33. The fourth-order valence-electron chi connectivity index (χ4n) is 3.63. The molecule has 0 bridgehead atoms. The molecule has 3 rings (SSSR count). The third-order valence-electron chi connectivity index (χ3n) is 5.61. The molecule has 0 spiro atoms.